The molecule has 0 aliphatic rings. The zero-order chi connectivity index (χ0) is 16.5. The van der Waals surface area contributed by atoms with E-state index in [9.17, 15) is 13.2 Å². The highest BCUT2D eigenvalue weighted by molar-refractivity contribution is 5.98. The average Bonchev–Trinajstić information content (AvgIpc) is 2.86. The van der Waals surface area contributed by atoms with Crippen LogP contribution < -0.4 is 0 Å². The first kappa shape index (κ1) is 15.6. The Morgan fingerprint density at radius 1 is 1.50 bits per heavy atom. The van der Waals surface area contributed by atoms with E-state index in [1.165, 1.54) is 6.92 Å². The van der Waals surface area contributed by atoms with Gasteiger partial charge in [-0.2, -0.15) is 18.4 Å². The highest BCUT2D eigenvalue weighted by Crippen LogP contribution is 2.30. The van der Waals surface area contributed by atoms with Crippen LogP contribution in [0.1, 0.15) is 22.6 Å². The SMILES string of the molecule is Cc1c(C(=N)CO)nnn1-c1cc(C(F)(F)F)cnc1C#N. The van der Waals surface area contributed by atoms with E-state index < -0.39 is 18.3 Å². The lowest BCUT2D eigenvalue weighted by Gasteiger charge is -2.10. The van der Waals surface area contributed by atoms with Gasteiger partial charge in [-0.1, -0.05) is 5.21 Å². The second kappa shape index (κ2) is 5.53. The van der Waals surface area contributed by atoms with Crippen molar-refractivity contribution in [2.24, 2.45) is 0 Å². The molecule has 0 aromatic carbocycles. The van der Waals surface area contributed by atoms with Crippen molar-refractivity contribution in [1.82, 2.24) is 20.0 Å². The lowest BCUT2D eigenvalue weighted by Crippen LogP contribution is -2.11. The molecule has 0 aliphatic carbocycles. The van der Waals surface area contributed by atoms with Crippen molar-refractivity contribution in [1.29, 1.82) is 10.7 Å². The number of aromatic nitrogens is 4. The van der Waals surface area contributed by atoms with Gasteiger partial charge in [0.1, 0.15) is 17.5 Å². The summed E-state index contributed by atoms with van der Waals surface area (Å²) in [7, 11) is 0. The van der Waals surface area contributed by atoms with Gasteiger partial charge in [0, 0.05) is 6.20 Å². The van der Waals surface area contributed by atoms with Crippen LogP contribution in [0.4, 0.5) is 13.2 Å². The Balaban J connectivity index is 2.64. The predicted molar refractivity (Wildman–Crippen MR) is 67.5 cm³/mol. The number of hydrogen-bond donors (Lipinski definition) is 2. The summed E-state index contributed by atoms with van der Waals surface area (Å²) in [5.74, 6) is 0. The fourth-order valence-corrected chi connectivity index (χ4v) is 1.77. The smallest absolute Gasteiger partial charge is 0.390 e. The zero-order valence-corrected chi connectivity index (χ0v) is 11.2. The Morgan fingerprint density at radius 2 is 2.18 bits per heavy atom. The number of nitrogens with zero attached hydrogens (tertiary/aromatic N) is 5. The van der Waals surface area contributed by atoms with Crippen LogP contribution in [0.5, 0.6) is 0 Å². The molecule has 0 saturated heterocycles. The summed E-state index contributed by atoms with van der Waals surface area (Å²) in [4.78, 5) is 3.48. The molecule has 0 fully saturated rings. The lowest BCUT2D eigenvalue weighted by atomic mass is 10.2. The van der Waals surface area contributed by atoms with Crippen LogP contribution >= 0.6 is 0 Å². The van der Waals surface area contributed by atoms with Gasteiger partial charge in [-0.15, -0.1) is 5.10 Å². The average molecular weight is 310 g/mol. The summed E-state index contributed by atoms with van der Waals surface area (Å²) in [6, 6.07) is 2.42. The second-order valence-corrected chi connectivity index (χ2v) is 4.27. The number of aliphatic hydroxyl groups excluding tert-OH is 1. The molecule has 2 aromatic heterocycles. The van der Waals surface area contributed by atoms with Crippen molar-refractivity contribution in [3.05, 3.63) is 34.9 Å². The monoisotopic (exact) mass is 310 g/mol. The van der Waals surface area contributed by atoms with Gasteiger partial charge in [0.25, 0.3) is 0 Å². The summed E-state index contributed by atoms with van der Waals surface area (Å²) in [6.07, 6.45) is -4.06. The lowest BCUT2D eigenvalue weighted by molar-refractivity contribution is -0.137. The fraction of sp³-hybridized carbons (Fsp3) is 0.250. The predicted octanol–water partition coefficient (Wildman–Crippen LogP) is 1.22. The molecule has 0 unspecified atom stereocenters. The number of rotatable bonds is 3. The van der Waals surface area contributed by atoms with Gasteiger partial charge in [0.15, 0.2) is 5.69 Å². The van der Waals surface area contributed by atoms with Crippen LogP contribution in [0.2, 0.25) is 0 Å². The number of alkyl halides is 3. The third-order valence-electron chi connectivity index (χ3n) is 2.87. The van der Waals surface area contributed by atoms with Crippen molar-refractivity contribution < 1.29 is 18.3 Å². The van der Waals surface area contributed by atoms with E-state index in [2.05, 4.69) is 15.3 Å². The Bertz CT molecular complexity index is 774. The summed E-state index contributed by atoms with van der Waals surface area (Å²) in [6.45, 7) is 0.867. The molecule has 22 heavy (non-hydrogen) atoms. The van der Waals surface area contributed by atoms with E-state index in [-0.39, 0.29) is 28.5 Å². The molecule has 2 N–H and O–H groups in total. The second-order valence-electron chi connectivity index (χ2n) is 4.27. The van der Waals surface area contributed by atoms with Gasteiger partial charge in [0.05, 0.1) is 23.6 Å². The molecule has 10 heteroatoms. The first-order valence-electron chi connectivity index (χ1n) is 5.88. The Morgan fingerprint density at radius 3 is 2.73 bits per heavy atom. The molecule has 0 aliphatic heterocycles. The number of pyridine rings is 1. The van der Waals surface area contributed by atoms with Crippen molar-refractivity contribution in [2.45, 2.75) is 13.1 Å². The molecule has 0 amide bonds. The molecule has 0 saturated carbocycles. The number of halogens is 3. The standard InChI is InChI=1S/C12H9F3N6O/c1-6-11(8(17)5-22)19-20-21(6)10-2-7(12(13,14)15)4-18-9(10)3-16/h2,4,17,22H,5H2,1H3. The molecule has 0 atom stereocenters. The fourth-order valence-electron chi connectivity index (χ4n) is 1.77. The van der Waals surface area contributed by atoms with Gasteiger partial charge in [-0.25, -0.2) is 9.67 Å². The molecule has 0 bridgehead atoms. The van der Waals surface area contributed by atoms with Gasteiger partial charge >= 0.3 is 6.18 Å². The summed E-state index contributed by atoms with van der Waals surface area (Å²) >= 11 is 0. The Labute approximate surface area is 122 Å². The molecule has 0 radical (unpaired) electrons. The molecule has 2 rings (SSSR count). The number of aliphatic hydroxyl groups is 1. The number of nitriles is 1. The minimum Gasteiger partial charge on any atom is -0.390 e. The third kappa shape index (κ3) is 2.66. The molecular weight excluding hydrogens is 301 g/mol. The normalized spacial score (nSPS) is 11.3. The Hall–Kier alpha value is -2.80. The van der Waals surface area contributed by atoms with Crippen LogP contribution in [-0.4, -0.2) is 37.4 Å². The van der Waals surface area contributed by atoms with Gasteiger partial charge in [0.2, 0.25) is 0 Å². The van der Waals surface area contributed by atoms with Gasteiger partial charge in [-0.05, 0) is 13.0 Å². The maximum absolute atomic E-state index is 12.8. The molecule has 114 valence electrons. The van der Waals surface area contributed by atoms with Crippen LogP contribution in [0, 0.1) is 23.7 Å². The van der Waals surface area contributed by atoms with Crippen molar-refractivity contribution >= 4 is 5.71 Å². The van der Waals surface area contributed by atoms with Crippen LogP contribution in [0.25, 0.3) is 5.69 Å². The topological polar surface area (TPSA) is 111 Å². The Kier molecular flexibility index (Phi) is 3.92. The summed E-state index contributed by atoms with van der Waals surface area (Å²) in [5, 5.41) is 32.7. The minimum absolute atomic E-state index is 0.0313. The quantitative estimate of drug-likeness (QED) is 0.828. The zero-order valence-electron chi connectivity index (χ0n) is 11.2. The third-order valence-corrected chi connectivity index (χ3v) is 2.87. The van der Waals surface area contributed by atoms with E-state index in [0.717, 1.165) is 10.7 Å². The maximum atomic E-state index is 12.8. The van der Waals surface area contributed by atoms with E-state index >= 15 is 0 Å². The maximum Gasteiger partial charge on any atom is 0.417 e. The molecular formula is C12H9F3N6O. The first-order chi connectivity index (χ1) is 10.3. The van der Waals surface area contributed by atoms with Crippen molar-refractivity contribution in [2.75, 3.05) is 6.61 Å². The summed E-state index contributed by atoms with van der Waals surface area (Å²) < 4.78 is 39.3. The molecule has 2 heterocycles. The van der Waals surface area contributed by atoms with Crippen LogP contribution in [0.15, 0.2) is 12.3 Å². The van der Waals surface area contributed by atoms with Gasteiger partial charge < -0.3 is 10.5 Å². The van der Waals surface area contributed by atoms with Crippen LogP contribution in [0.3, 0.4) is 0 Å². The highest BCUT2D eigenvalue weighted by Gasteiger charge is 2.32. The number of nitrogens with one attached hydrogen (secondary N) is 1. The van der Waals surface area contributed by atoms with E-state index in [0.29, 0.717) is 6.20 Å². The van der Waals surface area contributed by atoms with E-state index in [1.807, 2.05) is 0 Å². The first-order valence-corrected chi connectivity index (χ1v) is 5.88. The van der Waals surface area contributed by atoms with Crippen molar-refractivity contribution in [3.8, 4) is 11.8 Å². The number of hydrogen-bond acceptors (Lipinski definition) is 6. The van der Waals surface area contributed by atoms with Crippen molar-refractivity contribution in [3.63, 3.8) is 0 Å². The summed E-state index contributed by atoms with van der Waals surface area (Å²) in [5.41, 5.74) is -1.47. The molecule has 0 spiro atoms. The largest absolute Gasteiger partial charge is 0.417 e. The van der Waals surface area contributed by atoms with Crippen LogP contribution in [-0.2, 0) is 6.18 Å². The highest BCUT2D eigenvalue weighted by atomic mass is 19.4. The minimum atomic E-state index is -4.62. The van der Waals surface area contributed by atoms with E-state index in [1.54, 1.807) is 6.07 Å². The van der Waals surface area contributed by atoms with E-state index in [4.69, 9.17) is 15.8 Å². The van der Waals surface area contributed by atoms with Gasteiger partial charge in [-0.3, -0.25) is 0 Å². The molecule has 2 aromatic rings. The molecule has 7 nitrogen and oxygen atoms in total.